The molecule has 0 amide bonds. The molecular weight excluding hydrogens is 284 g/mol. The Labute approximate surface area is 139 Å². The monoisotopic (exact) mass is 310 g/mol. The van der Waals surface area contributed by atoms with E-state index >= 15 is 0 Å². The molecule has 0 saturated heterocycles. The molecule has 0 fully saturated rings. The van der Waals surface area contributed by atoms with Crippen molar-refractivity contribution >= 4 is 17.5 Å². The molecule has 4 nitrogen and oxygen atoms in total. The quantitative estimate of drug-likeness (QED) is 0.832. The second-order valence-electron chi connectivity index (χ2n) is 6.33. The number of anilines is 3. The minimum absolute atomic E-state index is 0.830. The summed E-state index contributed by atoms with van der Waals surface area (Å²) in [5.74, 6) is 1.85. The van der Waals surface area contributed by atoms with Crippen molar-refractivity contribution in [1.82, 2.24) is 9.97 Å². The summed E-state index contributed by atoms with van der Waals surface area (Å²) in [6, 6.07) is 10.8. The van der Waals surface area contributed by atoms with Crippen LogP contribution in [0.2, 0.25) is 0 Å². The van der Waals surface area contributed by atoms with Gasteiger partial charge in [-0.2, -0.15) is 4.98 Å². The van der Waals surface area contributed by atoms with E-state index in [2.05, 4.69) is 66.0 Å². The Bertz CT molecular complexity index is 668. The lowest BCUT2D eigenvalue weighted by Crippen LogP contribution is -2.27. The first-order valence-corrected chi connectivity index (χ1v) is 8.61. The highest BCUT2D eigenvalue weighted by atomic mass is 15.3. The molecule has 2 heterocycles. The van der Waals surface area contributed by atoms with Gasteiger partial charge >= 0.3 is 0 Å². The van der Waals surface area contributed by atoms with E-state index < -0.39 is 0 Å². The highest BCUT2D eigenvalue weighted by Crippen LogP contribution is 2.33. The number of benzene rings is 1. The van der Waals surface area contributed by atoms with Crippen LogP contribution in [-0.4, -0.2) is 30.1 Å². The third-order valence-corrected chi connectivity index (χ3v) is 4.40. The second kappa shape index (κ2) is 6.99. The average Bonchev–Trinajstić information content (AvgIpc) is 2.58. The predicted molar refractivity (Wildman–Crippen MR) is 96.7 cm³/mol. The molecule has 1 aliphatic heterocycles. The Morgan fingerprint density at radius 1 is 1.22 bits per heavy atom. The standard InChI is InChI=1S/C19H26N4/c1-4-5-12-22(3)19-20-15(2)14-18(21-19)23-13-8-10-16-9-6-7-11-17(16)23/h6-7,9,11,14H,4-5,8,10,12-13H2,1-3H3. The first kappa shape index (κ1) is 15.8. The zero-order chi connectivity index (χ0) is 16.2. The summed E-state index contributed by atoms with van der Waals surface area (Å²) in [6.07, 6.45) is 4.67. The number of aryl methyl sites for hydroxylation is 2. The molecule has 122 valence electrons. The molecule has 1 aromatic heterocycles. The van der Waals surface area contributed by atoms with E-state index in [9.17, 15) is 0 Å². The average molecular weight is 310 g/mol. The Kier molecular flexibility index (Phi) is 4.79. The van der Waals surface area contributed by atoms with Crippen molar-refractivity contribution in [1.29, 1.82) is 0 Å². The van der Waals surface area contributed by atoms with Gasteiger partial charge in [-0.3, -0.25) is 0 Å². The number of aromatic nitrogens is 2. The Balaban J connectivity index is 1.93. The number of unbranched alkanes of at least 4 members (excludes halogenated alkanes) is 1. The number of fused-ring (bicyclic) bond motifs is 1. The zero-order valence-electron chi connectivity index (χ0n) is 14.4. The van der Waals surface area contributed by atoms with Gasteiger partial charge in [-0.15, -0.1) is 0 Å². The summed E-state index contributed by atoms with van der Waals surface area (Å²) in [4.78, 5) is 14.0. The van der Waals surface area contributed by atoms with Gasteiger partial charge in [0.15, 0.2) is 0 Å². The Morgan fingerprint density at radius 2 is 2.04 bits per heavy atom. The molecule has 0 radical (unpaired) electrons. The van der Waals surface area contributed by atoms with Crippen LogP contribution in [0.1, 0.15) is 37.4 Å². The van der Waals surface area contributed by atoms with Crippen LogP contribution in [0.4, 0.5) is 17.5 Å². The minimum Gasteiger partial charge on any atom is -0.344 e. The van der Waals surface area contributed by atoms with Crippen LogP contribution in [0.5, 0.6) is 0 Å². The maximum absolute atomic E-state index is 4.85. The number of para-hydroxylation sites is 1. The topological polar surface area (TPSA) is 32.3 Å². The zero-order valence-corrected chi connectivity index (χ0v) is 14.4. The molecule has 1 aliphatic rings. The first-order valence-electron chi connectivity index (χ1n) is 8.61. The van der Waals surface area contributed by atoms with E-state index in [0.29, 0.717) is 0 Å². The molecule has 0 saturated carbocycles. The maximum atomic E-state index is 4.85. The fraction of sp³-hybridized carbons (Fsp3) is 0.474. The van der Waals surface area contributed by atoms with Gasteiger partial charge in [0.1, 0.15) is 5.82 Å². The van der Waals surface area contributed by atoms with E-state index in [-0.39, 0.29) is 0 Å². The third-order valence-electron chi connectivity index (χ3n) is 4.40. The number of hydrogen-bond acceptors (Lipinski definition) is 4. The molecule has 0 N–H and O–H groups in total. The van der Waals surface area contributed by atoms with Crippen LogP contribution in [0, 0.1) is 6.92 Å². The van der Waals surface area contributed by atoms with Crippen molar-refractivity contribution < 1.29 is 0 Å². The van der Waals surface area contributed by atoms with Gasteiger partial charge in [0.05, 0.1) is 0 Å². The molecule has 2 aromatic rings. The molecule has 0 atom stereocenters. The highest BCUT2D eigenvalue weighted by molar-refractivity contribution is 5.66. The largest absolute Gasteiger partial charge is 0.344 e. The van der Waals surface area contributed by atoms with Crippen molar-refractivity contribution in [3.63, 3.8) is 0 Å². The van der Waals surface area contributed by atoms with E-state index in [1.165, 1.54) is 24.1 Å². The Hall–Kier alpha value is -2.10. The van der Waals surface area contributed by atoms with E-state index in [1.807, 2.05) is 0 Å². The van der Waals surface area contributed by atoms with Crippen LogP contribution < -0.4 is 9.80 Å². The third kappa shape index (κ3) is 3.46. The number of hydrogen-bond donors (Lipinski definition) is 0. The van der Waals surface area contributed by atoms with Crippen molar-refractivity contribution in [2.24, 2.45) is 0 Å². The lowest BCUT2D eigenvalue weighted by Gasteiger charge is -2.31. The van der Waals surface area contributed by atoms with Gasteiger partial charge in [-0.1, -0.05) is 31.5 Å². The first-order chi connectivity index (χ1) is 11.2. The van der Waals surface area contributed by atoms with Gasteiger partial charge in [-0.25, -0.2) is 4.98 Å². The molecule has 0 aliphatic carbocycles. The van der Waals surface area contributed by atoms with Gasteiger partial charge in [0.25, 0.3) is 0 Å². The molecule has 23 heavy (non-hydrogen) atoms. The summed E-state index contributed by atoms with van der Waals surface area (Å²) in [7, 11) is 2.08. The van der Waals surface area contributed by atoms with Crippen LogP contribution in [-0.2, 0) is 6.42 Å². The van der Waals surface area contributed by atoms with Crippen LogP contribution in [0.25, 0.3) is 0 Å². The molecule has 0 bridgehead atoms. The molecule has 0 spiro atoms. The van der Waals surface area contributed by atoms with Crippen LogP contribution in [0.3, 0.4) is 0 Å². The maximum Gasteiger partial charge on any atom is 0.227 e. The van der Waals surface area contributed by atoms with E-state index in [0.717, 1.165) is 43.4 Å². The molecule has 4 heteroatoms. The van der Waals surface area contributed by atoms with Crippen LogP contribution >= 0.6 is 0 Å². The smallest absolute Gasteiger partial charge is 0.227 e. The van der Waals surface area contributed by atoms with Crippen molar-refractivity contribution in [2.45, 2.75) is 39.5 Å². The second-order valence-corrected chi connectivity index (χ2v) is 6.33. The molecule has 3 rings (SSSR count). The fourth-order valence-corrected chi connectivity index (χ4v) is 3.11. The molecule has 0 unspecified atom stereocenters. The summed E-state index contributed by atoms with van der Waals surface area (Å²) in [5, 5.41) is 0. The number of rotatable bonds is 5. The highest BCUT2D eigenvalue weighted by Gasteiger charge is 2.20. The van der Waals surface area contributed by atoms with Gasteiger partial charge < -0.3 is 9.80 Å². The Morgan fingerprint density at radius 3 is 2.87 bits per heavy atom. The fourth-order valence-electron chi connectivity index (χ4n) is 3.11. The summed E-state index contributed by atoms with van der Waals surface area (Å²) in [5.41, 5.74) is 3.73. The van der Waals surface area contributed by atoms with Gasteiger partial charge in [0, 0.05) is 37.6 Å². The van der Waals surface area contributed by atoms with Gasteiger partial charge in [0.2, 0.25) is 5.95 Å². The van der Waals surface area contributed by atoms with Crippen molar-refractivity contribution in [3.05, 3.63) is 41.6 Å². The van der Waals surface area contributed by atoms with E-state index in [1.54, 1.807) is 0 Å². The summed E-state index contributed by atoms with van der Waals surface area (Å²) in [6.45, 7) is 6.28. The predicted octanol–water partition coefficient (Wildman–Crippen LogP) is 4.11. The normalized spacial score (nSPS) is 13.8. The van der Waals surface area contributed by atoms with Crippen molar-refractivity contribution in [2.75, 3.05) is 29.9 Å². The van der Waals surface area contributed by atoms with E-state index in [4.69, 9.17) is 4.98 Å². The summed E-state index contributed by atoms with van der Waals surface area (Å²) < 4.78 is 0. The van der Waals surface area contributed by atoms with Gasteiger partial charge in [-0.05, 0) is 37.8 Å². The molecule has 1 aromatic carbocycles. The summed E-state index contributed by atoms with van der Waals surface area (Å²) >= 11 is 0. The van der Waals surface area contributed by atoms with Crippen molar-refractivity contribution in [3.8, 4) is 0 Å². The minimum atomic E-state index is 0.830. The SMILES string of the molecule is CCCCN(C)c1nc(C)cc(N2CCCc3ccccc32)n1. The lowest BCUT2D eigenvalue weighted by atomic mass is 10.0. The molecular formula is C19H26N4. The lowest BCUT2D eigenvalue weighted by molar-refractivity contribution is 0.737. The number of nitrogens with zero attached hydrogens (tertiary/aromatic N) is 4. The van der Waals surface area contributed by atoms with Crippen LogP contribution in [0.15, 0.2) is 30.3 Å².